The summed E-state index contributed by atoms with van der Waals surface area (Å²) >= 11 is 0. The Bertz CT molecular complexity index is 624. The zero-order valence-electron chi connectivity index (χ0n) is 13.7. The summed E-state index contributed by atoms with van der Waals surface area (Å²) in [5.41, 5.74) is 2.49. The van der Waals surface area contributed by atoms with Crippen LogP contribution in [0.5, 0.6) is 0 Å². The molecule has 0 bridgehead atoms. The Morgan fingerprint density at radius 2 is 1.75 bits per heavy atom. The average Bonchev–Trinajstić information content (AvgIpc) is 2.67. The van der Waals surface area contributed by atoms with Crippen LogP contribution >= 0.6 is 0 Å². The summed E-state index contributed by atoms with van der Waals surface area (Å²) in [5.74, 6) is 0.130. The van der Waals surface area contributed by atoms with Gasteiger partial charge in [-0.1, -0.05) is 60.7 Å². The molecule has 1 amide bonds. The van der Waals surface area contributed by atoms with Crippen molar-refractivity contribution in [2.75, 3.05) is 26.4 Å². The lowest BCUT2D eigenvalue weighted by atomic mass is 9.92. The lowest BCUT2D eigenvalue weighted by Crippen LogP contribution is -2.44. The van der Waals surface area contributed by atoms with Crippen molar-refractivity contribution in [3.63, 3.8) is 0 Å². The summed E-state index contributed by atoms with van der Waals surface area (Å²) in [6.07, 6.45) is 0.388. The van der Waals surface area contributed by atoms with E-state index in [9.17, 15) is 4.79 Å². The zero-order chi connectivity index (χ0) is 16.6. The lowest BCUT2D eigenvalue weighted by Gasteiger charge is -2.24. The number of rotatable bonds is 6. The SMILES string of the molecule is O=C(NC[C@@H](Cc1ccccc1)c1ccccc1)[C@H]1COCCO1. The highest BCUT2D eigenvalue weighted by atomic mass is 16.6. The molecule has 4 heteroatoms. The molecule has 0 aromatic heterocycles. The molecule has 2 atom stereocenters. The fraction of sp³-hybridized carbons (Fsp3) is 0.350. The second-order valence-electron chi connectivity index (χ2n) is 5.98. The maximum atomic E-state index is 12.3. The van der Waals surface area contributed by atoms with Crippen molar-refractivity contribution in [2.24, 2.45) is 0 Å². The van der Waals surface area contributed by atoms with E-state index in [1.54, 1.807) is 0 Å². The molecule has 1 aliphatic heterocycles. The number of amides is 1. The molecular formula is C20H23NO3. The molecule has 126 valence electrons. The Morgan fingerprint density at radius 3 is 2.42 bits per heavy atom. The average molecular weight is 325 g/mol. The third-order valence-corrected chi connectivity index (χ3v) is 4.23. The smallest absolute Gasteiger partial charge is 0.251 e. The normalized spacial score (nSPS) is 18.8. The monoisotopic (exact) mass is 325 g/mol. The molecule has 4 nitrogen and oxygen atoms in total. The van der Waals surface area contributed by atoms with Crippen molar-refractivity contribution in [2.45, 2.75) is 18.4 Å². The standard InChI is InChI=1S/C20H23NO3/c22-20(19-15-23-11-12-24-19)21-14-18(17-9-5-2-6-10-17)13-16-7-3-1-4-8-16/h1-10,18-19H,11-15H2,(H,21,22)/t18-,19-/m1/s1. The maximum Gasteiger partial charge on any atom is 0.251 e. The molecule has 1 N–H and O–H groups in total. The van der Waals surface area contributed by atoms with Gasteiger partial charge in [-0.25, -0.2) is 0 Å². The van der Waals surface area contributed by atoms with Gasteiger partial charge >= 0.3 is 0 Å². The van der Waals surface area contributed by atoms with Gasteiger partial charge in [0.05, 0.1) is 19.8 Å². The van der Waals surface area contributed by atoms with Gasteiger partial charge < -0.3 is 14.8 Å². The quantitative estimate of drug-likeness (QED) is 0.888. The number of nitrogens with one attached hydrogen (secondary N) is 1. The molecule has 3 rings (SSSR count). The number of hydrogen-bond donors (Lipinski definition) is 1. The molecular weight excluding hydrogens is 302 g/mol. The van der Waals surface area contributed by atoms with Crippen LogP contribution in [0.1, 0.15) is 17.0 Å². The predicted molar refractivity (Wildman–Crippen MR) is 92.9 cm³/mol. The lowest BCUT2D eigenvalue weighted by molar-refractivity contribution is -0.147. The van der Waals surface area contributed by atoms with E-state index in [4.69, 9.17) is 9.47 Å². The van der Waals surface area contributed by atoms with E-state index in [2.05, 4.69) is 29.6 Å². The van der Waals surface area contributed by atoms with Gasteiger partial charge in [0, 0.05) is 12.5 Å². The summed E-state index contributed by atoms with van der Waals surface area (Å²) in [6, 6.07) is 20.6. The predicted octanol–water partition coefficient (Wildman–Crippen LogP) is 2.54. The Morgan fingerprint density at radius 1 is 1.04 bits per heavy atom. The van der Waals surface area contributed by atoms with Gasteiger partial charge in [0.2, 0.25) is 0 Å². The number of carbonyl (C=O) groups excluding carboxylic acids is 1. The first kappa shape index (κ1) is 16.7. The summed E-state index contributed by atoms with van der Waals surface area (Å²) in [7, 11) is 0. The van der Waals surface area contributed by atoms with Crippen LogP contribution in [0.3, 0.4) is 0 Å². The van der Waals surface area contributed by atoms with E-state index in [0.29, 0.717) is 26.4 Å². The number of benzene rings is 2. The van der Waals surface area contributed by atoms with Crippen molar-refractivity contribution < 1.29 is 14.3 Å². The van der Waals surface area contributed by atoms with Crippen molar-refractivity contribution in [3.05, 3.63) is 71.8 Å². The molecule has 1 heterocycles. The van der Waals surface area contributed by atoms with E-state index >= 15 is 0 Å². The summed E-state index contributed by atoms with van der Waals surface area (Å²) in [6.45, 7) is 1.95. The van der Waals surface area contributed by atoms with E-state index in [1.807, 2.05) is 36.4 Å². The van der Waals surface area contributed by atoms with Crippen molar-refractivity contribution >= 4 is 5.91 Å². The summed E-state index contributed by atoms with van der Waals surface area (Å²) in [5, 5.41) is 3.03. The molecule has 0 aliphatic carbocycles. The van der Waals surface area contributed by atoms with E-state index in [0.717, 1.165) is 6.42 Å². The Hall–Kier alpha value is -2.17. The van der Waals surface area contributed by atoms with Crippen LogP contribution in [0.2, 0.25) is 0 Å². The number of ether oxygens (including phenoxy) is 2. The zero-order valence-corrected chi connectivity index (χ0v) is 13.7. The van der Waals surface area contributed by atoms with Crippen molar-refractivity contribution in [1.29, 1.82) is 0 Å². The highest BCUT2D eigenvalue weighted by Gasteiger charge is 2.23. The molecule has 0 saturated carbocycles. The van der Waals surface area contributed by atoms with E-state index in [-0.39, 0.29) is 11.8 Å². The van der Waals surface area contributed by atoms with Gasteiger partial charge in [-0.15, -0.1) is 0 Å². The first-order valence-electron chi connectivity index (χ1n) is 8.39. The van der Waals surface area contributed by atoms with Gasteiger partial charge in [-0.2, -0.15) is 0 Å². The molecule has 1 aliphatic rings. The first-order chi connectivity index (χ1) is 11.8. The largest absolute Gasteiger partial charge is 0.376 e. The highest BCUT2D eigenvalue weighted by Crippen LogP contribution is 2.20. The second kappa shape index (κ2) is 8.62. The molecule has 2 aromatic rings. The molecule has 0 radical (unpaired) electrons. The highest BCUT2D eigenvalue weighted by molar-refractivity contribution is 5.81. The molecule has 2 aromatic carbocycles. The second-order valence-corrected chi connectivity index (χ2v) is 5.98. The Kier molecular flexibility index (Phi) is 5.99. The van der Waals surface area contributed by atoms with Gasteiger partial charge in [0.15, 0.2) is 6.10 Å². The van der Waals surface area contributed by atoms with Crippen LogP contribution in [-0.2, 0) is 20.7 Å². The van der Waals surface area contributed by atoms with Crippen LogP contribution < -0.4 is 5.32 Å². The van der Waals surface area contributed by atoms with Gasteiger partial charge in [0.1, 0.15) is 0 Å². The van der Waals surface area contributed by atoms with Gasteiger partial charge in [-0.3, -0.25) is 4.79 Å². The molecule has 1 fully saturated rings. The third-order valence-electron chi connectivity index (χ3n) is 4.23. The molecule has 0 spiro atoms. The Labute approximate surface area is 142 Å². The maximum absolute atomic E-state index is 12.3. The number of carbonyl (C=O) groups is 1. The molecule has 24 heavy (non-hydrogen) atoms. The van der Waals surface area contributed by atoms with Crippen LogP contribution in [0.15, 0.2) is 60.7 Å². The topological polar surface area (TPSA) is 47.6 Å². The van der Waals surface area contributed by atoms with Crippen molar-refractivity contribution in [3.8, 4) is 0 Å². The van der Waals surface area contributed by atoms with Crippen LogP contribution in [0.25, 0.3) is 0 Å². The fourth-order valence-corrected chi connectivity index (χ4v) is 2.91. The summed E-state index contributed by atoms with van der Waals surface area (Å²) < 4.78 is 10.8. The minimum absolute atomic E-state index is 0.0938. The van der Waals surface area contributed by atoms with E-state index in [1.165, 1.54) is 11.1 Å². The minimum Gasteiger partial charge on any atom is -0.376 e. The molecule has 1 saturated heterocycles. The fourth-order valence-electron chi connectivity index (χ4n) is 2.91. The van der Waals surface area contributed by atoms with Crippen LogP contribution in [-0.4, -0.2) is 38.4 Å². The van der Waals surface area contributed by atoms with Crippen LogP contribution in [0, 0.1) is 0 Å². The van der Waals surface area contributed by atoms with E-state index < -0.39 is 6.10 Å². The van der Waals surface area contributed by atoms with Gasteiger partial charge in [0.25, 0.3) is 5.91 Å². The number of hydrogen-bond acceptors (Lipinski definition) is 3. The van der Waals surface area contributed by atoms with Gasteiger partial charge in [-0.05, 0) is 17.5 Å². The minimum atomic E-state index is -0.494. The Balaban J connectivity index is 1.64. The van der Waals surface area contributed by atoms with Crippen LogP contribution in [0.4, 0.5) is 0 Å². The van der Waals surface area contributed by atoms with Crippen molar-refractivity contribution in [1.82, 2.24) is 5.32 Å². The summed E-state index contributed by atoms with van der Waals surface area (Å²) in [4.78, 5) is 12.3. The first-order valence-corrected chi connectivity index (χ1v) is 8.39. The molecule has 0 unspecified atom stereocenters. The third kappa shape index (κ3) is 4.66.